The van der Waals surface area contributed by atoms with Gasteiger partial charge in [0.15, 0.2) is 11.6 Å². The number of alkyl halides is 1. The van der Waals surface area contributed by atoms with E-state index in [0.29, 0.717) is 48.3 Å². The minimum absolute atomic E-state index is 0.000249. The lowest BCUT2D eigenvalue weighted by Gasteiger charge is -2.29. The molecule has 2 aliphatic rings. The largest absolute Gasteiger partial charge is 0.251 e. The second-order valence-corrected chi connectivity index (χ2v) is 10.7. The Morgan fingerprint density at radius 1 is 0.833 bits per heavy atom. The average Bonchev–Trinajstić information content (AvgIpc) is 2.87. The lowest BCUT2D eigenvalue weighted by Crippen LogP contribution is -2.15. The molecule has 0 spiro atoms. The third kappa shape index (κ3) is 6.20. The summed E-state index contributed by atoms with van der Waals surface area (Å²) in [7, 11) is 0. The van der Waals surface area contributed by atoms with Crippen LogP contribution in [0.25, 0.3) is 11.1 Å². The van der Waals surface area contributed by atoms with E-state index in [1.807, 2.05) is 0 Å². The van der Waals surface area contributed by atoms with Crippen molar-refractivity contribution in [1.29, 1.82) is 0 Å². The van der Waals surface area contributed by atoms with E-state index in [9.17, 15) is 8.78 Å². The van der Waals surface area contributed by atoms with Gasteiger partial charge in [-0.2, -0.15) is 0 Å². The maximum absolute atomic E-state index is 15.1. The molecule has 4 rings (SSSR count). The molecule has 0 nitrogen and oxygen atoms in total. The van der Waals surface area contributed by atoms with Gasteiger partial charge in [-0.15, -0.1) is 0 Å². The van der Waals surface area contributed by atoms with Gasteiger partial charge in [-0.3, -0.25) is 4.39 Å². The summed E-state index contributed by atoms with van der Waals surface area (Å²) in [5, 5.41) is 0. The van der Waals surface area contributed by atoms with Crippen LogP contribution in [0.2, 0.25) is 0 Å². The molecule has 0 aliphatic heterocycles. The van der Waals surface area contributed by atoms with Gasteiger partial charge in [0, 0.05) is 12.0 Å². The van der Waals surface area contributed by atoms with E-state index in [4.69, 9.17) is 0 Å². The van der Waals surface area contributed by atoms with Crippen LogP contribution in [0, 0.1) is 29.3 Å². The monoisotopic (exact) mass is 504 g/mol. The van der Waals surface area contributed by atoms with Crippen LogP contribution in [0.1, 0.15) is 101 Å². The molecule has 0 heterocycles. The van der Waals surface area contributed by atoms with Crippen LogP contribution in [0.5, 0.6) is 0 Å². The fraction of sp³-hybridized carbons (Fsp3) is 0.548. The molecule has 0 unspecified atom stereocenters. The number of benzene rings is 2. The summed E-state index contributed by atoms with van der Waals surface area (Å²) in [6.45, 7) is 1.47. The second-order valence-electron chi connectivity index (χ2n) is 10.7. The molecule has 2 aliphatic carbocycles. The molecule has 0 N–H and O–H groups in total. The Kier molecular flexibility index (Phi) is 9.25. The fourth-order valence-electron chi connectivity index (χ4n) is 6.32. The predicted octanol–water partition coefficient (Wildman–Crippen LogP) is 10.3. The highest BCUT2D eigenvalue weighted by atomic mass is 19.2. The maximum atomic E-state index is 15.1. The van der Waals surface area contributed by atoms with Crippen LogP contribution in [-0.4, -0.2) is 6.67 Å². The van der Waals surface area contributed by atoms with E-state index in [0.717, 1.165) is 32.1 Å². The number of rotatable bonds is 8. The molecule has 2 aromatic carbocycles. The Hall–Kier alpha value is -2.17. The Bertz CT molecular complexity index is 1040. The lowest BCUT2D eigenvalue weighted by molar-refractivity contribution is 0.303. The third-order valence-corrected chi connectivity index (χ3v) is 8.37. The van der Waals surface area contributed by atoms with E-state index < -0.39 is 30.0 Å². The highest BCUT2D eigenvalue weighted by Gasteiger charge is 2.27. The topological polar surface area (TPSA) is 0 Å². The summed E-state index contributed by atoms with van der Waals surface area (Å²) in [6.07, 6.45) is 10.4. The summed E-state index contributed by atoms with van der Waals surface area (Å²) < 4.78 is 71.3. The molecular formula is C31H37F5. The summed E-state index contributed by atoms with van der Waals surface area (Å²) in [6, 6.07) is 7.91. The van der Waals surface area contributed by atoms with E-state index in [-0.39, 0.29) is 29.7 Å². The Labute approximate surface area is 212 Å². The van der Waals surface area contributed by atoms with Crippen molar-refractivity contribution in [2.24, 2.45) is 11.8 Å². The van der Waals surface area contributed by atoms with Crippen molar-refractivity contribution in [3.05, 3.63) is 70.8 Å². The van der Waals surface area contributed by atoms with Gasteiger partial charge in [0.25, 0.3) is 0 Å². The first kappa shape index (κ1) is 26.9. The lowest BCUT2D eigenvalue weighted by atomic mass is 9.77. The van der Waals surface area contributed by atoms with Gasteiger partial charge in [0.2, 0.25) is 0 Å². The van der Waals surface area contributed by atoms with Crippen molar-refractivity contribution in [3.63, 3.8) is 0 Å². The smallest absolute Gasteiger partial charge is 0.166 e. The zero-order valence-electron chi connectivity index (χ0n) is 21.1. The minimum atomic E-state index is -0.905. The quantitative estimate of drug-likeness (QED) is 0.314. The van der Waals surface area contributed by atoms with Gasteiger partial charge in [-0.25, -0.2) is 17.6 Å². The van der Waals surface area contributed by atoms with Crippen LogP contribution < -0.4 is 0 Å². The Morgan fingerprint density at radius 2 is 1.47 bits per heavy atom. The van der Waals surface area contributed by atoms with E-state index in [1.165, 1.54) is 18.6 Å². The van der Waals surface area contributed by atoms with Gasteiger partial charge in [-0.1, -0.05) is 44.0 Å². The molecule has 5 heteroatoms. The predicted molar refractivity (Wildman–Crippen MR) is 136 cm³/mol. The van der Waals surface area contributed by atoms with Crippen molar-refractivity contribution in [1.82, 2.24) is 0 Å². The SMILES string of the molecule is CCCC1CCC(c2ccc(-c3ccc(C4CCC(/C=C(\F)CCF)CC4)c(F)c3)c(F)c2F)CC1. The van der Waals surface area contributed by atoms with Gasteiger partial charge < -0.3 is 0 Å². The number of hydrogen-bond acceptors (Lipinski definition) is 0. The summed E-state index contributed by atoms with van der Waals surface area (Å²) in [5.41, 5.74) is 1.41. The number of hydrogen-bond donors (Lipinski definition) is 0. The molecule has 0 aromatic heterocycles. The maximum Gasteiger partial charge on any atom is 0.166 e. The Morgan fingerprint density at radius 3 is 2.11 bits per heavy atom. The number of halogens is 5. The second kappa shape index (κ2) is 12.4. The molecule has 36 heavy (non-hydrogen) atoms. The zero-order valence-corrected chi connectivity index (χ0v) is 21.1. The summed E-state index contributed by atoms with van der Waals surface area (Å²) >= 11 is 0. The third-order valence-electron chi connectivity index (χ3n) is 8.37. The normalized spacial score (nSPS) is 25.2. The molecule has 0 bridgehead atoms. The first-order valence-electron chi connectivity index (χ1n) is 13.6. The standard InChI is InChI=1S/C31H37F5/c1-2-3-20-4-8-23(9-5-20)27-14-15-28(31(36)30(27)35)24-12-13-26(29(34)19-24)22-10-6-21(7-11-22)18-25(33)16-17-32/h12-15,18-23H,2-11,16-17H2,1H3/b25-18-. The van der Waals surface area contributed by atoms with Crippen molar-refractivity contribution in [2.75, 3.05) is 6.67 Å². The zero-order chi connectivity index (χ0) is 25.7. The van der Waals surface area contributed by atoms with E-state index in [2.05, 4.69) is 6.92 Å². The highest BCUT2D eigenvalue weighted by molar-refractivity contribution is 5.65. The van der Waals surface area contributed by atoms with Crippen molar-refractivity contribution in [2.45, 2.75) is 89.4 Å². The van der Waals surface area contributed by atoms with Crippen LogP contribution in [0.15, 0.2) is 42.2 Å². The number of allylic oxidation sites excluding steroid dienone is 2. The van der Waals surface area contributed by atoms with Crippen LogP contribution in [0.3, 0.4) is 0 Å². The van der Waals surface area contributed by atoms with Gasteiger partial charge in [0.05, 0.1) is 12.5 Å². The molecule has 2 fully saturated rings. The summed E-state index contributed by atoms with van der Waals surface area (Å²) in [5.74, 6) is -1.77. The molecule has 2 aromatic rings. The molecular weight excluding hydrogens is 467 g/mol. The molecule has 0 atom stereocenters. The first-order chi connectivity index (χ1) is 17.4. The molecule has 2 saturated carbocycles. The molecule has 196 valence electrons. The van der Waals surface area contributed by atoms with Crippen molar-refractivity contribution < 1.29 is 22.0 Å². The van der Waals surface area contributed by atoms with Crippen LogP contribution in [0.4, 0.5) is 22.0 Å². The minimum Gasteiger partial charge on any atom is -0.251 e. The van der Waals surface area contributed by atoms with Gasteiger partial charge >= 0.3 is 0 Å². The molecule has 0 saturated heterocycles. The van der Waals surface area contributed by atoms with Gasteiger partial charge in [0.1, 0.15) is 5.82 Å². The van der Waals surface area contributed by atoms with E-state index in [1.54, 1.807) is 24.3 Å². The first-order valence-corrected chi connectivity index (χ1v) is 13.6. The van der Waals surface area contributed by atoms with Crippen molar-refractivity contribution >= 4 is 0 Å². The fourth-order valence-corrected chi connectivity index (χ4v) is 6.32. The molecule has 0 radical (unpaired) electrons. The molecule has 0 amide bonds. The van der Waals surface area contributed by atoms with Crippen LogP contribution in [-0.2, 0) is 0 Å². The van der Waals surface area contributed by atoms with Crippen molar-refractivity contribution in [3.8, 4) is 11.1 Å². The van der Waals surface area contributed by atoms with Crippen LogP contribution >= 0.6 is 0 Å². The highest BCUT2D eigenvalue weighted by Crippen LogP contribution is 2.41. The Balaban J connectivity index is 1.44. The van der Waals surface area contributed by atoms with Gasteiger partial charge in [-0.05, 0) is 104 Å². The average molecular weight is 505 g/mol. The summed E-state index contributed by atoms with van der Waals surface area (Å²) in [4.78, 5) is 0. The van der Waals surface area contributed by atoms with E-state index >= 15 is 13.2 Å².